The quantitative estimate of drug-likeness (QED) is 0.773. The van der Waals surface area contributed by atoms with Crippen molar-refractivity contribution >= 4 is 0 Å². The van der Waals surface area contributed by atoms with Crippen molar-refractivity contribution in [2.24, 2.45) is 5.41 Å². The maximum atomic E-state index is 10.0. The van der Waals surface area contributed by atoms with Crippen LogP contribution in [-0.2, 0) is 0 Å². The van der Waals surface area contributed by atoms with Crippen LogP contribution in [0.1, 0.15) is 44.2 Å². The van der Waals surface area contributed by atoms with Gasteiger partial charge in [0.1, 0.15) is 18.5 Å². The molecule has 1 aromatic carbocycles. The van der Waals surface area contributed by atoms with E-state index in [9.17, 15) is 5.11 Å². The highest BCUT2D eigenvalue weighted by Gasteiger charge is 2.38. The van der Waals surface area contributed by atoms with E-state index in [1.54, 1.807) is 0 Å². The third-order valence-corrected chi connectivity index (χ3v) is 4.37. The molecule has 0 saturated heterocycles. The van der Waals surface area contributed by atoms with Crippen LogP contribution in [0.2, 0.25) is 0 Å². The smallest absolute Gasteiger partial charge is 0.122 e. The number of nitrogens with one attached hydrogen (secondary N) is 1. The van der Waals surface area contributed by atoms with E-state index in [1.165, 1.54) is 24.8 Å². The Bertz CT molecular complexity index is 468. The minimum absolute atomic E-state index is 0.334. The molecule has 1 aliphatic carbocycles. The third kappa shape index (κ3) is 5.33. The molecule has 1 saturated carbocycles. The van der Waals surface area contributed by atoms with Crippen LogP contribution in [0.3, 0.4) is 0 Å². The second kappa shape index (κ2) is 6.80. The molecular weight excluding hydrogens is 262 g/mol. The Morgan fingerprint density at radius 1 is 1.33 bits per heavy atom. The fourth-order valence-electron chi connectivity index (χ4n) is 2.77. The molecule has 1 fully saturated rings. The van der Waals surface area contributed by atoms with Crippen molar-refractivity contribution in [3.63, 3.8) is 0 Å². The molecule has 0 aromatic heterocycles. The van der Waals surface area contributed by atoms with E-state index < -0.39 is 6.10 Å². The fourth-order valence-corrected chi connectivity index (χ4v) is 2.77. The third-order valence-electron chi connectivity index (χ3n) is 4.37. The lowest BCUT2D eigenvalue weighted by atomic mass is 10.0. The van der Waals surface area contributed by atoms with Crippen molar-refractivity contribution < 1.29 is 9.84 Å². The first-order valence-corrected chi connectivity index (χ1v) is 7.99. The number of aliphatic hydroxyl groups is 1. The van der Waals surface area contributed by atoms with Crippen LogP contribution in [0.4, 0.5) is 0 Å². The normalized spacial score (nSPS) is 19.1. The Balaban J connectivity index is 1.68. The van der Waals surface area contributed by atoms with Gasteiger partial charge in [0.05, 0.1) is 0 Å². The summed E-state index contributed by atoms with van der Waals surface area (Å²) in [6, 6.07) is 6.55. The summed E-state index contributed by atoms with van der Waals surface area (Å²) in [5.74, 6) is 0.859. The van der Waals surface area contributed by atoms with E-state index in [0.29, 0.717) is 24.6 Å². The minimum atomic E-state index is -0.472. The largest absolute Gasteiger partial charge is 0.491 e. The number of aliphatic hydroxyl groups excluding tert-OH is 1. The SMILES string of the molecule is Cc1ccc(OC[C@@H](O)CN[C@@H](C)CC2(C)CC2)c(C)c1. The average molecular weight is 291 g/mol. The van der Waals surface area contributed by atoms with Crippen molar-refractivity contribution in [1.82, 2.24) is 5.32 Å². The maximum absolute atomic E-state index is 10.0. The summed E-state index contributed by atoms with van der Waals surface area (Å²) in [5, 5.41) is 13.4. The van der Waals surface area contributed by atoms with E-state index >= 15 is 0 Å². The molecule has 0 bridgehead atoms. The zero-order chi connectivity index (χ0) is 15.5. The van der Waals surface area contributed by atoms with Gasteiger partial charge in [-0.3, -0.25) is 0 Å². The zero-order valence-electron chi connectivity index (χ0n) is 13.8. The van der Waals surface area contributed by atoms with Crippen molar-refractivity contribution in [1.29, 1.82) is 0 Å². The molecule has 2 atom stereocenters. The summed E-state index contributed by atoms with van der Waals surface area (Å²) in [6.45, 7) is 9.55. The number of rotatable bonds is 8. The van der Waals surface area contributed by atoms with E-state index in [2.05, 4.69) is 32.2 Å². The second-order valence-electron chi connectivity index (χ2n) is 7.06. The van der Waals surface area contributed by atoms with Crippen LogP contribution >= 0.6 is 0 Å². The van der Waals surface area contributed by atoms with Crippen LogP contribution in [0.15, 0.2) is 18.2 Å². The highest BCUT2D eigenvalue weighted by Crippen LogP contribution is 2.48. The minimum Gasteiger partial charge on any atom is -0.491 e. The first-order valence-electron chi connectivity index (χ1n) is 7.99. The highest BCUT2D eigenvalue weighted by atomic mass is 16.5. The molecule has 3 nitrogen and oxygen atoms in total. The van der Waals surface area contributed by atoms with Gasteiger partial charge >= 0.3 is 0 Å². The summed E-state index contributed by atoms with van der Waals surface area (Å²) < 4.78 is 5.71. The summed E-state index contributed by atoms with van der Waals surface area (Å²) in [6.07, 6.45) is 3.41. The highest BCUT2D eigenvalue weighted by molar-refractivity contribution is 5.35. The van der Waals surface area contributed by atoms with Crippen LogP contribution in [0.25, 0.3) is 0 Å². The molecule has 2 N–H and O–H groups in total. The molecule has 0 radical (unpaired) electrons. The fraction of sp³-hybridized carbons (Fsp3) is 0.667. The van der Waals surface area contributed by atoms with Gasteiger partial charge in [-0.25, -0.2) is 0 Å². The zero-order valence-corrected chi connectivity index (χ0v) is 13.8. The number of hydrogen-bond acceptors (Lipinski definition) is 3. The Morgan fingerprint density at radius 3 is 2.67 bits per heavy atom. The van der Waals surface area contributed by atoms with Crippen molar-refractivity contribution in [2.45, 2.75) is 59.1 Å². The molecule has 3 heteroatoms. The number of aryl methyl sites for hydroxylation is 2. The molecule has 0 heterocycles. The second-order valence-corrected chi connectivity index (χ2v) is 7.06. The van der Waals surface area contributed by atoms with E-state index in [1.807, 2.05) is 19.1 Å². The van der Waals surface area contributed by atoms with Gasteiger partial charge in [0.15, 0.2) is 0 Å². The first kappa shape index (κ1) is 16.3. The van der Waals surface area contributed by atoms with Gasteiger partial charge in [-0.05, 0) is 57.1 Å². The molecule has 2 rings (SSSR count). The van der Waals surface area contributed by atoms with Gasteiger partial charge in [0.25, 0.3) is 0 Å². The average Bonchev–Trinajstić information content (AvgIpc) is 3.12. The van der Waals surface area contributed by atoms with Crippen molar-refractivity contribution in [3.05, 3.63) is 29.3 Å². The molecule has 118 valence electrons. The number of hydrogen-bond donors (Lipinski definition) is 2. The van der Waals surface area contributed by atoms with Gasteiger partial charge in [0.2, 0.25) is 0 Å². The molecule has 0 spiro atoms. The van der Waals surface area contributed by atoms with Gasteiger partial charge in [-0.15, -0.1) is 0 Å². The summed E-state index contributed by atoms with van der Waals surface area (Å²) >= 11 is 0. The van der Waals surface area contributed by atoms with Crippen LogP contribution in [0, 0.1) is 19.3 Å². The van der Waals surface area contributed by atoms with Crippen LogP contribution < -0.4 is 10.1 Å². The first-order chi connectivity index (χ1) is 9.88. The van der Waals surface area contributed by atoms with Crippen molar-refractivity contribution in [2.75, 3.05) is 13.2 Å². The molecule has 21 heavy (non-hydrogen) atoms. The van der Waals surface area contributed by atoms with Gasteiger partial charge in [-0.1, -0.05) is 24.6 Å². The lowest BCUT2D eigenvalue weighted by Gasteiger charge is -2.20. The Morgan fingerprint density at radius 2 is 2.05 bits per heavy atom. The van der Waals surface area contributed by atoms with Crippen LogP contribution in [-0.4, -0.2) is 30.4 Å². The topological polar surface area (TPSA) is 41.5 Å². The summed E-state index contributed by atoms with van der Waals surface area (Å²) in [5.41, 5.74) is 2.89. The molecule has 0 amide bonds. The predicted octanol–water partition coefficient (Wildman–Crippen LogP) is 3.21. The lowest BCUT2D eigenvalue weighted by Crippen LogP contribution is -2.37. The lowest BCUT2D eigenvalue weighted by molar-refractivity contribution is 0.103. The Kier molecular flexibility index (Phi) is 5.28. The van der Waals surface area contributed by atoms with Crippen molar-refractivity contribution in [3.8, 4) is 5.75 Å². The Hall–Kier alpha value is -1.06. The molecule has 1 aromatic rings. The van der Waals surface area contributed by atoms with E-state index in [-0.39, 0.29) is 0 Å². The van der Waals surface area contributed by atoms with Crippen LogP contribution in [0.5, 0.6) is 5.75 Å². The van der Waals surface area contributed by atoms with Gasteiger partial charge in [-0.2, -0.15) is 0 Å². The van der Waals surface area contributed by atoms with Gasteiger partial charge in [0, 0.05) is 12.6 Å². The Labute approximate surface area is 128 Å². The van der Waals surface area contributed by atoms with E-state index in [0.717, 1.165) is 11.3 Å². The van der Waals surface area contributed by atoms with E-state index in [4.69, 9.17) is 4.74 Å². The molecular formula is C18H29NO2. The summed E-state index contributed by atoms with van der Waals surface area (Å²) in [4.78, 5) is 0. The monoisotopic (exact) mass is 291 g/mol. The predicted molar refractivity (Wildman–Crippen MR) is 86.8 cm³/mol. The maximum Gasteiger partial charge on any atom is 0.122 e. The number of ether oxygens (including phenoxy) is 1. The molecule has 0 aliphatic heterocycles. The standard InChI is InChI=1S/C18H29NO2/c1-13-5-6-17(14(2)9-13)21-12-16(20)11-19-15(3)10-18(4)7-8-18/h5-6,9,15-16,19-20H,7-8,10-12H2,1-4H3/t15-,16-/m0/s1. The molecule has 0 unspecified atom stereocenters. The molecule has 1 aliphatic rings. The summed E-state index contributed by atoms with van der Waals surface area (Å²) in [7, 11) is 0. The van der Waals surface area contributed by atoms with Gasteiger partial charge < -0.3 is 15.2 Å². The number of benzene rings is 1.